The number of benzene rings is 1. The molecule has 0 saturated carbocycles. The van der Waals surface area contributed by atoms with Crippen LogP contribution in [0.3, 0.4) is 0 Å². The molecule has 1 aliphatic carbocycles. The number of carbonyl (C=O) groups is 2. The van der Waals surface area contributed by atoms with Crippen LogP contribution >= 0.6 is 0 Å². The van der Waals surface area contributed by atoms with Gasteiger partial charge in [0.05, 0.1) is 18.4 Å². The molecule has 0 aliphatic heterocycles. The van der Waals surface area contributed by atoms with Crippen LogP contribution in [-0.2, 0) is 9.59 Å². The van der Waals surface area contributed by atoms with E-state index < -0.39 is 11.6 Å². The predicted octanol–water partition coefficient (Wildman–Crippen LogP) is 4.73. The summed E-state index contributed by atoms with van der Waals surface area (Å²) in [5, 5.41) is 13.8. The Morgan fingerprint density at radius 1 is 1.19 bits per heavy atom. The molecule has 1 unspecified atom stereocenters. The summed E-state index contributed by atoms with van der Waals surface area (Å²) in [6, 6.07) is 7.12. The van der Waals surface area contributed by atoms with Gasteiger partial charge in [-0.2, -0.15) is 0 Å². The van der Waals surface area contributed by atoms with Gasteiger partial charge in [0.25, 0.3) is 0 Å². The van der Waals surface area contributed by atoms with Crippen molar-refractivity contribution in [3.05, 3.63) is 58.5 Å². The molecule has 5 heteroatoms. The molecule has 1 aliphatic rings. The third kappa shape index (κ3) is 4.67. The lowest BCUT2D eigenvalue weighted by molar-refractivity contribution is -0.132. The molecule has 0 spiro atoms. The highest BCUT2D eigenvalue weighted by molar-refractivity contribution is 6.50. The lowest BCUT2D eigenvalue weighted by Gasteiger charge is -2.24. The monoisotopic (exact) mass is 369 g/mol. The summed E-state index contributed by atoms with van der Waals surface area (Å²) in [4.78, 5) is 24.9. The van der Waals surface area contributed by atoms with Crippen LogP contribution in [0.5, 0.6) is 5.75 Å². The van der Waals surface area contributed by atoms with E-state index in [1.54, 1.807) is 38.3 Å². The van der Waals surface area contributed by atoms with E-state index in [0.717, 1.165) is 6.42 Å². The fourth-order valence-electron chi connectivity index (χ4n) is 3.02. The molecule has 1 aromatic carbocycles. The molecule has 0 radical (unpaired) electrons. The minimum absolute atomic E-state index is 0.141. The second kappa shape index (κ2) is 8.71. The maximum atomic E-state index is 12.5. The average Bonchev–Trinajstić information content (AvgIpc) is 2.64. The molecule has 0 saturated heterocycles. The van der Waals surface area contributed by atoms with Crippen LogP contribution in [0.4, 0.5) is 5.69 Å². The Morgan fingerprint density at radius 2 is 1.81 bits per heavy atom. The van der Waals surface area contributed by atoms with Crippen molar-refractivity contribution in [3.8, 4) is 5.75 Å². The molecule has 0 aromatic heterocycles. The second-order valence-corrected chi connectivity index (χ2v) is 7.03. The van der Waals surface area contributed by atoms with Crippen LogP contribution in [0, 0.1) is 5.92 Å². The molecule has 5 nitrogen and oxygen atoms in total. The topological polar surface area (TPSA) is 75.6 Å². The van der Waals surface area contributed by atoms with Gasteiger partial charge in [-0.05, 0) is 63.8 Å². The van der Waals surface area contributed by atoms with E-state index in [-0.39, 0.29) is 28.5 Å². The van der Waals surface area contributed by atoms with Gasteiger partial charge in [0, 0.05) is 11.3 Å². The lowest BCUT2D eigenvalue weighted by atomic mass is 9.83. The van der Waals surface area contributed by atoms with Gasteiger partial charge in [0.2, 0.25) is 11.6 Å². The Labute approximate surface area is 160 Å². The number of allylic oxidation sites excluding steroid dienone is 4. The number of Topliss-reactive ketones (excluding diaryl/α,β-unsaturated/α-hetero) is 2. The molecule has 1 aromatic rings. The molecule has 0 amide bonds. The van der Waals surface area contributed by atoms with Crippen molar-refractivity contribution < 1.29 is 19.4 Å². The molecule has 2 N–H and O–H groups in total. The van der Waals surface area contributed by atoms with Gasteiger partial charge in [0.1, 0.15) is 11.5 Å². The molecule has 2 rings (SSSR count). The summed E-state index contributed by atoms with van der Waals surface area (Å²) >= 11 is 0. The first kappa shape index (κ1) is 20.5. The summed E-state index contributed by atoms with van der Waals surface area (Å²) in [7, 11) is 1.58. The predicted molar refractivity (Wildman–Crippen MR) is 107 cm³/mol. The minimum Gasteiger partial charge on any atom is -0.505 e. The highest BCUT2D eigenvalue weighted by Crippen LogP contribution is 2.32. The van der Waals surface area contributed by atoms with Gasteiger partial charge in [0.15, 0.2) is 0 Å². The van der Waals surface area contributed by atoms with Gasteiger partial charge >= 0.3 is 0 Å². The van der Waals surface area contributed by atoms with Crippen molar-refractivity contribution in [1.29, 1.82) is 0 Å². The fraction of sp³-hybridized carbons (Fsp3) is 0.364. The van der Waals surface area contributed by atoms with Crippen molar-refractivity contribution in [2.75, 3.05) is 12.4 Å². The summed E-state index contributed by atoms with van der Waals surface area (Å²) in [5.74, 6) is -0.854. The van der Waals surface area contributed by atoms with E-state index in [4.69, 9.17) is 4.74 Å². The maximum Gasteiger partial charge on any atom is 0.233 e. The Hall–Kier alpha value is -2.82. The van der Waals surface area contributed by atoms with Crippen LogP contribution < -0.4 is 10.1 Å². The van der Waals surface area contributed by atoms with Crippen LogP contribution in [0.25, 0.3) is 0 Å². The summed E-state index contributed by atoms with van der Waals surface area (Å²) in [5.41, 5.74) is 2.57. The number of aliphatic hydroxyl groups excluding tert-OH is 1. The fourth-order valence-corrected chi connectivity index (χ4v) is 3.02. The van der Waals surface area contributed by atoms with Gasteiger partial charge < -0.3 is 15.2 Å². The summed E-state index contributed by atoms with van der Waals surface area (Å²) < 4.78 is 5.13. The van der Waals surface area contributed by atoms with Crippen molar-refractivity contribution in [2.24, 2.45) is 5.92 Å². The third-order valence-corrected chi connectivity index (χ3v) is 4.66. The molecule has 0 fully saturated rings. The van der Waals surface area contributed by atoms with Crippen molar-refractivity contribution in [1.82, 2.24) is 0 Å². The highest BCUT2D eigenvalue weighted by atomic mass is 16.5. The van der Waals surface area contributed by atoms with Gasteiger partial charge in [-0.15, -0.1) is 0 Å². The van der Waals surface area contributed by atoms with E-state index in [1.165, 1.54) is 5.57 Å². The number of nitrogens with one attached hydrogen (secondary N) is 1. The largest absolute Gasteiger partial charge is 0.505 e. The van der Waals surface area contributed by atoms with Crippen LogP contribution in [0.2, 0.25) is 0 Å². The Kier molecular flexibility index (Phi) is 6.61. The number of ketones is 2. The zero-order valence-electron chi connectivity index (χ0n) is 16.6. The highest BCUT2D eigenvalue weighted by Gasteiger charge is 2.35. The lowest BCUT2D eigenvalue weighted by Crippen LogP contribution is -2.30. The first-order chi connectivity index (χ1) is 12.8. The average molecular weight is 369 g/mol. The van der Waals surface area contributed by atoms with Gasteiger partial charge in [-0.3, -0.25) is 9.59 Å². The molecule has 144 valence electrons. The quantitative estimate of drug-likeness (QED) is 0.413. The van der Waals surface area contributed by atoms with E-state index in [9.17, 15) is 14.7 Å². The zero-order valence-corrected chi connectivity index (χ0v) is 16.6. The Morgan fingerprint density at radius 3 is 2.37 bits per heavy atom. The van der Waals surface area contributed by atoms with Crippen molar-refractivity contribution >= 4 is 17.3 Å². The minimum atomic E-state index is -0.616. The number of anilines is 1. The molecule has 0 bridgehead atoms. The number of methoxy groups -OCH3 is 1. The second-order valence-electron chi connectivity index (χ2n) is 7.03. The van der Waals surface area contributed by atoms with Crippen molar-refractivity contribution in [2.45, 2.75) is 40.5 Å². The molecular formula is C22H27NO4. The summed E-state index contributed by atoms with van der Waals surface area (Å²) in [6.07, 6.45) is 3.55. The first-order valence-corrected chi connectivity index (χ1v) is 9.04. The normalized spacial score (nSPS) is 15.7. The number of hydrogen-bond donors (Lipinski definition) is 2. The SMILES string of the molecule is COc1ccc(NC2=C(C)C(=O)C(=O)C(C(C)CCC=C(C)C)=C2O)cc1. The smallest absolute Gasteiger partial charge is 0.233 e. The zero-order chi connectivity index (χ0) is 20.1. The molecule has 27 heavy (non-hydrogen) atoms. The first-order valence-electron chi connectivity index (χ1n) is 9.04. The third-order valence-electron chi connectivity index (χ3n) is 4.66. The van der Waals surface area contributed by atoms with Crippen LogP contribution in [-0.4, -0.2) is 23.8 Å². The van der Waals surface area contributed by atoms with E-state index in [1.807, 2.05) is 20.8 Å². The van der Waals surface area contributed by atoms with Gasteiger partial charge in [-0.25, -0.2) is 0 Å². The number of rotatable bonds is 7. The Balaban J connectivity index is 2.33. The standard InChI is InChI=1S/C22H27NO4/c1-13(2)7-6-8-14(3)18-21(25)19(15(4)20(24)22(18)26)23-16-9-11-17(27-5)12-10-16/h7,9-12,14,23,25H,6,8H2,1-5H3. The van der Waals surface area contributed by atoms with Crippen LogP contribution in [0.1, 0.15) is 40.5 Å². The summed E-state index contributed by atoms with van der Waals surface area (Å²) in [6.45, 7) is 7.44. The van der Waals surface area contributed by atoms with Gasteiger partial charge in [-0.1, -0.05) is 18.6 Å². The van der Waals surface area contributed by atoms with Crippen LogP contribution in [0.15, 0.2) is 58.5 Å². The molecule has 1 atom stereocenters. The van der Waals surface area contributed by atoms with E-state index in [0.29, 0.717) is 17.9 Å². The maximum absolute atomic E-state index is 12.5. The number of ether oxygens (including phenoxy) is 1. The molecule has 0 heterocycles. The Bertz CT molecular complexity index is 824. The van der Waals surface area contributed by atoms with E-state index >= 15 is 0 Å². The number of hydrogen-bond acceptors (Lipinski definition) is 5. The number of carbonyl (C=O) groups excluding carboxylic acids is 2. The van der Waals surface area contributed by atoms with Crippen molar-refractivity contribution in [3.63, 3.8) is 0 Å². The van der Waals surface area contributed by atoms with E-state index in [2.05, 4.69) is 11.4 Å². The molecular weight excluding hydrogens is 342 g/mol. The number of aliphatic hydroxyl groups is 1.